The van der Waals surface area contributed by atoms with Gasteiger partial charge in [-0.25, -0.2) is 4.39 Å². The van der Waals surface area contributed by atoms with Gasteiger partial charge in [0.25, 0.3) is 0 Å². The summed E-state index contributed by atoms with van der Waals surface area (Å²) >= 11 is 15.3. The van der Waals surface area contributed by atoms with Crippen LogP contribution in [0.1, 0.15) is 0 Å². The van der Waals surface area contributed by atoms with Gasteiger partial charge in [0, 0.05) is 17.1 Å². The van der Waals surface area contributed by atoms with Crippen LogP contribution in [-0.4, -0.2) is 13.2 Å². The average molecular weight is 379 g/mol. The van der Waals surface area contributed by atoms with E-state index in [-0.39, 0.29) is 5.82 Å². The number of anilines is 1. The third-order valence-electron chi connectivity index (χ3n) is 2.52. The van der Waals surface area contributed by atoms with E-state index in [9.17, 15) is 4.39 Å². The molecule has 0 saturated carbocycles. The fourth-order valence-corrected chi connectivity index (χ4v) is 2.41. The highest BCUT2D eigenvalue weighted by molar-refractivity contribution is 9.10. The molecule has 0 atom stereocenters. The summed E-state index contributed by atoms with van der Waals surface area (Å²) in [6.07, 6.45) is 0. The highest BCUT2D eigenvalue weighted by Gasteiger charge is 2.07. The van der Waals surface area contributed by atoms with Crippen molar-refractivity contribution in [2.75, 3.05) is 18.5 Å². The number of para-hydroxylation sites is 1. The van der Waals surface area contributed by atoms with Crippen molar-refractivity contribution in [3.8, 4) is 5.75 Å². The van der Waals surface area contributed by atoms with Crippen LogP contribution in [0.2, 0.25) is 10.0 Å². The molecule has 0 aliphatic carbocycles. The lowest BCUT2D eigenvalue weighted by Gasteiger charge is -2.11. The fraction of sp³-hybridized carbons (Fsp3) is 0.143. The predicted octanol–water partition coefficient (Wildman–Crippen LogP) is 5.39. The zero-order valence-electron chi connectivity index (χ0n) is 10.3. The normalized spacial score (nSPS) is 10.4. The summed E-state index contributed by atoms with van der Waals surface area (Å²) in [5.74, 6) is 0.201. The number of hydrogen-bond donors (Lipinski definition) is 1. The number of nitrogens with one attached hydrogen (secondary N) is 1. The van der Waals surface area contributed by atoms with Gasteiger partial charge in [-0.2, -0.15) is 0 Å². The largest absolute Gasteiger partial charge is 0.490 e. The third kappa shape index (κ3) is 4.01. The smallest absolute Gasteiger partial charge is 0.146 e. The van der Waals surface area contributed by atoms with Crippen LogP contribution < -0.4 is 10.1 Å². The molecule has 0 amide bonds. The molecule has 0 unspecified atom stereocenters. The Labute approximate surface area is 135 Å². The summed E-state index contributed by atoms with van der Waals surface area (Å²) in [4.78, 5) is 0. The summed E-state index contributed by atoms with van der Waals surface area (Å²) in [6.45, 7) is 0.789. The van der Waals surface area contributed by atoms with Gasteiger partial charge in [0.1, 0.15) is 18.2 Å². The molecule has 2 aromatic carbocycles. The van der Waals surface area contributed by atoms with Crippen molar-refractivity contribution in [2.24, 2.45) is 0 Å². The molecule has 2 rings (SSSR count). The number of ether oxygens (including phenoxy) is 1. The van der Waals surface area contributed by atoms with Gasteiger partial charge >= 0.3 is 0 Å². The Morgan fingerprint density at radius 2 is 1.90 bits per heavy atom. The first-order valence-electron chi connectivity index (χ1n) is 5.83. The first-order chi connectivity index (χ1) is 9.58. The van der Waals surface area contributed by atoms with Crippen LogP contribution in [0.4, 0.5) is 10.1 Å². The molecule has 2 aromatic rings. The van der Waals surface area contributed by atoms with E-state index < -0.39 is 0 Å². The minimum atomic E-state index is -0.294. The maximum atomic E-state index is 13.4. The molecular weight excluding hydrogens is 368 g/mol. The summed E-state index contributed by atoms with van der Waals surface area (Å²) in [5.41, 5.74) is 0.441. The van der Waals surface area contributed by atoms with Crippen LogP contribution in [-0.2, 0) is 0 Å². The maximum Gasteiger partial charge on any atom is 0.146 e. The lowest BCUT2D eigenvalue weighted by molar-refractivity contribution is 0.333. The van der Waals surface area contributed by atoms with Crippen molar-refractivity contribution in [1.29, 1.82) is 0 Å². The molecule has 0 saturated heterocycles. The van der Waals surface area contributed by atoms with Crippen molar-refractivity contribution in [2.45, 2.75) is 0 Å². The quantitative estimate of drug-likeness (QED) is 0.556. The molecule has 0 aliphatic heterocycles. The van der Waals surface area contributed by atoms with E-state index in [4.69, 9.17) is 27.9 Å². The lowest BCUT2D eigenvalue weighted by atomic mass is 10.3. The van der Waals surface area contributed by atoms with Crippen molar-refractivity contribution in [3.63, 3.8) is 0 Å². The summed E-state index contributed by atoms with van der Waals surface area (Å²) in [5, 5.41) is 3.93. The Balaban J connectivity index is 1.88. The Kier molecular flexibility index (Phi) is 5.52. The molecule has 0 aliphatic rings. The first-order valence-corrected chi connectivity index (χ1v) is 7.38. The van der Waals surface area contributed by atoms with Gasteiger partial charge in [0.15, 0.2) is 0 Å². The van der Waals surface area contributed by atoms with Gasteiger partial charge in [-0.3, -0.25) is 0 Å². The van der Waals surface area contributed by atoms with Gasteiger partial charge < -0.3 is 10.1 Å². The Morgan fingerprint density at radius 3 is 2.65 bits per heavy atom. The van der Waals surface area contributed by atoms with Gasteiger partial charge in [-0.15, -0.1) is 0 Å². The molecule has 1 N–H and O–H groups in total. The van der Waals surface area contributed by atoms with Gasteiger partial charge in [0.2, 0.25) is 0 Å². The van der Waals surface area contributed by atoms with Crippen molar-refractivity contribution in [3.05, 3.63) is 56.7 Å². The minimum absolute atomic E-state index is 0.294. The Bertz CT molecular complexity index is 610. The van der Waals surface area contributed by atoms with Crippen molar-refractivity contribution >= 4 is 44.8 Å². The van der Waals surface area contributed by atoms with Crippen molar-refractivity contribution in [1.82, 2.24) is 0 Å². The second kappa shape index (κ2) is 7.16. The first kappa shape index (κ1) is 15.4. The van der Waals surface area contributed by atoms with Crippen LogP contribution in [0.5, 0.6) is 5.75 Å². The predicted molar refractivity (Wildman–Crippen MR) is 84.5 cm³/mol. The van der Waals surface area contributed by atoms with E-state index in [2.05, 4.69) is 21.2 Å². The highest BCUT2D eigenvalue weighted by Crippen LogP contribution is 2.33. The fourth-order valence-electron chi connectivity index (χ4n) is 1.57. The molecule has 0 spiro atoms. The highest BCUT2D eigenvalue weighted by atomic mass is 79.9. The monoisotopic (exact) mass is 377 g/mol. The van der Waals surface area contributed by atoms with Crippen molar-refractivity contribution < 1.29 is 9.13 Å². The Morgan fingerprint density at radius 1 is 1.15 bits per heavy atom. The standard InChI is InChI=1S/C14H11BrCl2FNO/c15-9-7-11(17)14(8-10(9)16)20-6-5-19-13-4-2-1-3-12(13)18/h1-4,7-8,19H,5-6H2. The summed E-state index contributed by atoms with van der Waals surface area (Å²) in [7, 11) is 0. The third-order valence-corrected chi connectivity index (χ3v) is 4.02. The SMILES string of the molecule is Fc1ccccc1NCCOc1cc(Cl)c(Br)cc1Cl. The minimum Gasteiger partial charge on any atom is -0.490 e. The van der Waals surface area contributed by atoms with Gasteiger partial charge in [-0.05, 0) is 34.1 Å². The molecule has 0 heterocycles. The van der Waals surface area contributed by atoms with E-state index >= 15 is 0 Å². The average Bonchev–Trinajstić information content (AvgIpc) is 2.42. The van der Waals surface area contributed by atoms with E-state index in [1.165, 1.54) is 6.07 Å². The zero-order valence-corrected chi connectivity index (χ0v) is 13.4. The molecule has 2 nitrogen and oxygen atoms in total. The van der Waals surface area contributed by atoms with Crippen LogP contribution in [0.25, 0.3) is 0 Å². The topological polar surface area (TPSA) is 21.3 Å². The molecule has 106 valence electrons. The molecular formula is C14H11BrCl2FNO. The summed E-state index contributed by atoms with van der Waals surface area (Å²) < 4.78 is 19.6. The molecule has 0 radical (unpaired) electrons. The van der Waals surface area contributed by atoms with Crippen LogP contribution >= 0.6 is 39.1 Å². The van der Waals surface area contributed by atoms with Crippen LogP contribution in [0.3, 0.4) is 0 Å². The molecule has 0 fully saturated rings. The number of rotatable bonds is 5. The second-order valence-corrected chi connectivity index (χ2v) is 5.62. The van der Waals surface area contributed by atoms with E-state index in [1.807, 2.05) is 0 Å². The Hall–Kier alpha value is -0.970. The van der Waals surface area contributed by atoms with E-state index in [0.717, 1.165) is 0 Å². The van der Waals surface area contributed by atoms with Crippen LogP contribution in [0.15, 0.2) is 40.9 Å². The van der Waals surface area contributed by atoms with Crippen LogP contribution in [0, 0.1) is 5.82 Å². The molecule has 6 heteroatoms. The van der Waals surface area contributed by atoms with E-state index in [1.54, 1.807) is 30.3 Å². The zero-order chi connectivity index (χ0) is 14.5. The second-order valence-electron chi connectivity index (χ2n) is 3.95. The molecule has 20 heavy (non-hydrogen) atoms. The molecule has 0 aromatic heterocycles. The lowest BCUT2D eigenvalue weighted by Crippen LogP contribution is -2.12. The van der Waals surface area contributed by atoms with Gasteiger partial charge in [0.05, 0.1) is 15.7 Å². The number of halogens is 4. The van der Waals surface area contributed by atoms with Gasteiger partial charge in [-0.1, -0.05) is 35.3 Å². The maximum absolute atomic E-state index is 13.4. The number of hydrogen-bond acceptors (Lipinski definition) is 2. The number of benzene rings is 2. The molecule has 0 bridgehead atoms. The summed E-state index contributed by atoms with van der Waals surface area (Å²) in [6, 6.07) is 9.77. The van der Waals surface area contributed by atoms with E-state index in [0.29, 0.717) is 39.1 Å².